The lowest BCUT2D eigenvalue weighted by molar-refractivity contribution is 0.0368. The molecule has 0 bridgehead atoms. The van der Waals surface area contributed by atoms with Gasteiger partial charge in [-0.1, -0.05) is 60.7 Å². The number of aliphatic hydroxyl groups is 1. The van der Waals surface area contributed by atoms with Crippen LogP contribution in [0.1, 0.15) is 36.8 Å². The van der Waals surface area contributed by atoms with E-state index in [2.05, 4.69) is 64.2 Å². The Morgan fingerprint density at radius 2 is 1.66 bits per heavy atom. The molecule has 1 aliphatic rings. The highest BCUT2D eigenvalue weighted by molar-refractivity contribution is 5.79. The SMILES string of the molecule is CCNC(=NCC(O)COCC1CC1)NCC(c1ccccc1)c1ccccc1. The quantitative estimate of drug-likeness (QED) is 0.404. The molecule has 1 aliphatic carbocycles. The maximum atomic E-state index is 10.1. The molecule has 2 aromatic carbocycles. The van der Waals surface area contributed by atoms with Crippen molar-refractivity contribution in [3.05, 3.63) is 71.8 Å². The smallest absolute Gasteiger partial charge is 0.191 e. The average molecular weight is 396 g/mol. The zero-order chi connectivity index (χ0) is 20.3. The molecule has 1 fully saturated rings. The number of nitrogens with zero attached hydrogens (tertiary/aromatic N) is 1. The minimum atomic E-state index is -0.580. The summed E-state index contributed by atoms with van der Waals surface area (Å²) < 4.78 is 5.57. The van der Waals surface area contributed by atoms with E-state index >= 15 is 0 Å². The Morgan fingerprint density at radius 3 is 2.21 bits per heavy atom. The maximum absolute atomic E-state index is 10.1. The summed E-state index contributed by atoms with van der Waals surface area (Å²) in [6, 6.07) is 21.0. The number of aliphatic imine (C=N–C) groups is 1. The molecule has 5 heteroatoms. The minimum Gasteiger partial charge on any atom is -0.389 e. The van der Waals surface area contributed by atoms with Crippen molar-refractivity contribution < 1.29 is 9.84 Å². The van der Waals surface area contributed by atoms with E-state index in [1.165, 1.54) is 24.0 Å². The van der Waals surface area contributed by atoms with Gasteiger partial charge in [0.05, 0.1) is 19.3 Å². The first-order chi connectivity index (χ1) is 14.3. The lowest BCUT2D eigenvalue weighted by atomic mass is 9.91. The standard InChI is InChI=1S/C24H33N3O2/c1-2-25-24(26-15-22(28)18-29-17-19-13-14-19)27-16-23(20-9-5-3-6-10-20)21-11-7-4-8-12-21/h3-12,19,22-23,28H,2,13-18H2,1H3,(H2,25,26,27). The van der Waals surface area contributed by atoms with Gasteiger partial charge in [0.1, 0.15) is 0 Å². The molecule has 1 unspecified atom stereocenters. The van der Waals surface area contributed by atoms with Gasteiger partial charge >= 0.3 is 0 Å². The van der Waals surface area contributed by atoms with Crippen LogP contribution in [0.5, 0.6) is 0 Å². The van der Waals surface area contributed by atoms with Gasteiger partial charge in [-0.25, -0.2) is 0 Å². The van der Waals surface area contributed by atoms with E-state index in [9.17, 15) is 5.11 Å². The van der Waals surface area contributed by atoms with E-state index in [0.29, 0.717) is 31.6 Å². The lowest BCUT2D eigenvalue weighted by Gasteiger charge is -2.21. The maximum Gasteiger partial charge on any atom is 0.191 e. The second kappa shape index (κ2) is 11.6. The van der Waals surface area contributed by atoms with Crippen LogP contribution < -0.4 is 10.6 Å². The molecule has 0 heterocycles. The van der Waals surface area contributed by atoms with Gasteiger partial charge in [0.2, 0.25) is 0 Å². The Balaban J connectivity index is 1.58. The third-order valence-corrected chi connectivity index (χ3v) is 5.04. The van der Waals surface area contributed by atoms with Gasteiger partial charge in [0, 0.05) is 25.6 Å². The second-order valence-electron chi connectivity index (χ2n) is 7.61. The summed E-state index contributed by atoms with van der Waals surface area (Å²) in [7, 11) is 0. The third-order valence-electron chi connectivity index (χ3n) is 5.04. The van der Waals surface area contributed by atoms with E-state index in [1.54, 1.807) is 0 Å². The van der Waals surface area contributed by atoms with Crippen LogP contribution in [-0.4, -0.2) is 50.0 Å². The molecular formula is C24H33N3O2. The monoisotopic (exact) mass is 395 g/mol. The topological polar surface area (TPSA) is 65.9 Å². The number of aliphatic hydroxyl groups excluding tert-OH is 1. The third kappa shape index (κ3) is 7.52. The van der Waals surface area contributed by atoms with Crippen molar-refractivity contribution in [2.75, 3.05) is 32.8 Å². The van der Waals surface area contributed by atoms with E-state index < -0.39 is 6.10 Å². The molecule has 3 N–H and O–H groups in total. The van der Waals surface area contributed by atoms with Gasteiger partial charge in [-0.2, -0.15) is 0 Å². The first kappa shape index (κ1) is 21.3. The molecule has 5 nitrogen and oxygen atoms in total. The Morgan fingerprint density at radius 1 is 1.03 bits per heavy atom. The van der Waals surface area contributed by atoms with E-state index in [0.717, 1.165) is 13.2 Å². The highest BCUT2D eigenvalue weighted by Gasteiger charge is 2.21. The predicted octanol–water partition coefficient (Wildman–Crippen LogP) is 3.16. The Hall–Kier alpha value is -2.37. The van der Waals surface area contributed by atoms with Crippen molar-refractivity contribution in [1.29, 1.82) is 0 Å². The molecule has 0 spiro atoms. The molecule has 156 valence electrons. The van der Waals surface area contributed by atoms with Crippen LogP contribution >= 0.6 is 0 Å². The fraction of sp³-hybridized carbons (Fsp3) is 0.458. The summed E-state index contributed by atoms with van der Waals surface area (Å²) in [5, 5.41) is 16.9. The molecule has 0 saturated heterocycles. The van der Waals surface area contributed by atoms with Crippen LogP contribution in [0.2, 0.25) is 0 Å². The van der Waals surface area contributed by atoms with Crippen molar-refractivity contribution in [2.24, 2.45) is 10.9 Å². The molecule has 1 saturated carbocycles. The predicted molar refractivity (Wildman–Crippen MR) is 118 cm³/mol. The summed E-state index contributed by atoms with van der Waals surface area (Å²) in [6.07, 6.45) is 1.93. The van der Waals surface area contributed by atoms with Gasteiger partial charge < -0.3 is 20.5 Å². The normalized spacial score (nSPS) is 15.3. The Labute approximate surface area is 174 Å². The van der Waals surface area contributed by atoms with Crippen LogP contribution in [-0.2, 0) is 4.74 Å². The average Bonchev–Trinajstić information content (AvgIpc) is 3.58. The number of rotatable bonds is 11. The summed E-state index contributed by atoms with van der Waals surface area (Å²) in [6.45, 7) is 4.94. The van der Waals surface area contributed by atoms with Crippen molar-refractivity contribution in [3.63, 3.8) is 0 Å². The number of hydrogen-bond donors (Lipinski definition) is 3. The molecular weight excluding hydrogens is 362 g/mol. The number of benzene rings is 2. The molecule has 3 rings (SSSR count). The zero-order valence-corrected chi connectivity index (χ0v) is 17.3. The van der Waals surface area contributed by atoms with E-state index in [-0.39, 0.29) is 5.92 Å². The van der Waals surface area contributed by atoms with Gasteiger partial charge in [-0.05, 0) is 36.8 Å². The van der Waals surface area contributed by atoms with Crippen molar-refractivity contribution in [2.45, 2.75) is 31.8 Å². The fourth-order valence-corrected chi connectivity index (χ4v) is 3.24. The van der Waals surface area contributed by atoms with E-state index in [1.807, 2.05) is 19.1 Å². The second-order valence-corrected chi connectivity index (χ2v) is 7.61. The zero-order valence-electron chi connectivity index (χ0n) is 17.3. The molecule has 0 radical (unpaired) electrons. The summed E-state index contributed by atoms with van der Waals surface area (Å²) in [4.78, 5) is 4.55. The van der Waals surface area contributed by atoms with Gasteiger partial charge in [-0.15, -0.1) is 0 Å². The van der Waals surface area contributed by atoms with Crippen molar-refractivity contribution in [3.8, 4) is 0 Å². The molecule has 0 aromatic heterocycles. The Kier molecular flexibility index (Phi) is 8.53. The highest BCUT2D eigenvalue weighted by atomic mass is 16.5. The number of nitrogens with one attached hydrogen (secondary N) is 2. The lowest BCUT2D eigenvalue weighted by Crippen LogP contribution is -2.40. The molecule has 2 aromatic rings. The van der Waals surface area contributed by atoms with Crippen molar-refractivity contribution >= 4 is 5.96 Å². The number of guanidine groups is 1. The fourth-order valence-electron chi connectivity index (χ4n) is 3.24. The summed E-state index contributed by atoms with van der Waals surface area (Å²) >= 11 is 0. The largest absolute Gasteiger partial charge is 0.389 e. The molecule has 29 heavy (non-hydrogen) atoms. The van der Waals surface area contributed by atoms with Gasteiger partial charge in [0.15, 0.2) is 5.96 Å². The molecule has 1 atom stereocenters. The highest BCUT2D eigenvalue weighted by Crippen LogP contribution is 2.28. The van der Waals surface area contributed by atoms with E-state index in [4.69, 9.17) is 4.74 Å². The Bertz CT molecular complexity index is 693. The summed E-state index contributed by atoms with van der Waals surface area (Å²) in [5.41, 5.74) is 2.52. The first-order valence-corrected chi connectivity index (χ1v) is 10.6. The van der Waals surface area contributed by atoms with Gasteiger partial charge in [-0.3, -0.25) is 4.99 Å². The summed E-state index contributed by atoms with van der Waals surface area (Å²) in [5.74, 6) is 1.64. The van der Waals surface area contributed by atoms with Gasteiger partial charge in [0.25, 0.3) is 0 Å². The van der Waals surface area contributed by atoms with Crippen LogP contribution in [0.4, 0.5) is 0 Å². The van der Waals surface area contributed by atoms with Crippen LogP contribution in [0.25, 0.3) is 0 Å². The number of ether oxygens (including phenoxy) is 1. The molecule has 0 amide bonds. The number of hydrogen-bond acceptors (Lipinski definition) is 3. The minimum absolute atomic E-state index is 0.216. The molecule has 0 aliphatic heterocycles. The van der Waals surface area contributed by atoms with Crippen LogP contribution in [0, 0.1) is 5.92 Å². The van der Waals surface area contributed by atoms with Crippen LogP contribution in [0.3, 0.4) is 0 Å². The van der Waals surface area contributed by atoms with Crippen LogP contribution in [0.15, 0.2) is 65.7 Å². The first-order valence-electron chi connectivity index (χ1n) is 10.6. The van der Waals surface area contributed by atoms with Crippen molar-refractivity contribution in [1.82, 2.24) is 10.6 Å².